The minimum absolute atomic E-state index is 0.0495. The molecule has 2 fully saturated rings. The SMILES string of the molecule is CC1(C)C(O)CC1NCC1CN(C(=O)OCc2ccccc2)CCO1. The van der Waals surface area contributed by atoms with Gasteiger partial charge in [0.25, 0.3) is 0 Å². The number of aliphatic hydroxyl groups excluding tert-OH is 1. The van der Waals surface area contributed by atoms with Crippen molar-refractivity contribution in [3.63, 3.8) is 0 Å². The number of hydrogen-bond acceptors (Lipinski definition) is 5. The number of carbonyl (C=O) groups is 1. The molecule has 3 unspecified atom stereocenters. The van der Waals surface area contributed by atoms with Crippen molar-refractivity contribution in [2.45, 2.75) is 45.1 Å². The number of rotatable bonds is 5. The average molecular weight is 348 g/mol. The summed E-state index contributed by atoms with van der Waals surface area (Å²) in [7, 11) is 0. The Morgan fingerprint density at radius 3 is 2.84 bits per heavy atom. The third kappa shape index (κ3) is 4.32. The van der Waals surface area contributed by atoms with Gasteiger partial charge >= 0.3 is 6.09 Å². The fourth-order valence-electron chi connectivity index (χ4n) is 3.34. The second-order valence-electron chi connectivity index (χ2n) is 7.51. The maximum Gasteiger partial charge on any atom is 0.410 e. The molecular formula is C19H28N2O4. The van der Waals surface area contributed by atoms with Crippen LogP contribution in [0.3, 0.4) is 0 Å². The number of amides is 1. The first-order valence-corrected chi connectivity index (χ1v) is 8.95. The van der Waals surface area contributed by atoms with E-state index < -0.39 is 0 Å². The Balaban J connectivity index is 1.42. The van der Waals surface area contributed by atoms with Crippen LogP contribution in [0.15, 0.2) is 30.3 Å². The number of hydrogen-bond donors (Lipinski definition) is 2. The summed E-state index contributed by atoms with van der Waals surface area (Å²) in [5.74, 6) is 0. The summed E-state index contributed by atoms with van der Waals surface area (Å²) >= 11 is 0. The van der Waals surface area contributed by atoms with E-state index >= 15 is 0 Å². The zero-order valence-electron chi connectivity index (χ0n) is 15.0. The van der Waals surface area contributed by atoms with E-state index in [0.717, 1.165) is 12.0 Å². The lowest BCUT2D eigenvalue weighted by Gasteiger charge is -2.50. The fourth-order valence-corrected chi connectivity index (χ4v) is 3.34. The van der Waals surface area contributed by atoms with Crippen LogP contribution < -0.4 is 5.32 Å². The quantitative estimate of drug-likeness (QED) is 0.849. The maximum atomic E-state index is 12.3. The molecule has 1 heterocycles. The van der Waals surface area contributed by atoms with E-state index in [2.05, 4.69) is 19.2 Å². The Hall–Kier alpha value is -1.63. The van der Waals surface area contributed by atoms with Crippen LogP contribution in [0.2, 0.25) is 0 Å². The van der Waals surface area contributed by atoms with Crippen LogP contribution in [0.25, 0.3) is 0 Å². The second kappa shape index (κ2) is 7.72. The highest BCUT2D eigenvalue weighted by atomic mass is 16.6. The predicted octanol–water partition coefficient (Wildman–Crippen LogP) is 1.77. The van der Waals surface area contributed by atoms with Gasteiger partial charge in [-0.2, -0.15) is 0 Å². The number of morpholine rings is 1. The van der Waals surface area contributed by atoms with Crippen molar-refractivity contribution in [1.82, 2.24) is 10.2 Å². The van der Waals surface area contributed by atoms with Gasteiger partial charge in [0.05, 0.1) is 25.4 Å². The third-order valence-corrected chi connectivity index (χ3v) is 5.41. The molecule has 2 aliphatic rings. The van der Waals surface area contributed by atoms with E-state index in [-0.39, 0.29) is 36.4 Å². The largest absolute Gasteiger partial charge is 0.445 e. The van der Waals surface area contributed by atoms with Crippen LogP contribution in [0.4, 0.5) is 4.79 Å². The van der Waals surface area contributed by atoms with Crippen LogP contribution in [-0.2, 0) is 16.1 Å². The highest BCUT2D eigenvalue weighted by Crippen LogP contribution is 2.40. The molecule has 1 saturated heterocycles. The highest BCUT2D eigenvalue weighted by Gasteiger charge is 2.47. The minimum Gasteiger partial charge on any atom is -0.445 e. The minimum atomic E-state index is -0.295. The number of nitrogens with one attached hydrogen (secondary N) is 1. The summed E-state index contributed by atoms with van der Waals surface area (Å²) in [6, 6.07) is 9.96. The number of nitrogens with zero attached hydrogens (tertiary/aromatic N) is 1. The lowest BCUT2D eigenvalue weighted by Crippen LogP contribution is -2.61. The van der Waals surface area contributed by atoms with Crippen LogP contribution >= 0.6 is 0 Å². The van der Waals surface area contributed by atoms with Crippen molar-refractivity contribution in [3.05, 3.63) is 35.9 Å². The first kappa shape index (κ1) is 18.2. The summed E-state index contributed by atoms with van der Waals surface area (Å²) in [6.07, 6.45) is 0.174. The van der Waals surface area contributed by atoms with E-state index in [1.54, 1.807) is 4.90 Å². The van der Waals surface area contributed by atoms with Gasteiger partial charge in [0.1, 0.15) is 6.61 Å². The van der Waals surface area contributed by atoms with Gasteiger partial charge in [-0.1, -0.05) is 44.2 Å². The van der Waals surface area contributed by atoms with Gasteiger partial charge < -0.3 is 24.8 Å². The molecule has 1 aromatic carbocycles. The molecule has 0 radical (unpaired) electrons. The van der Waals surface area contributed by atoms with E-state index in [1.165, 1.54) is 0 Å². The fraction of sp³-hybridized carbons (Fsp3) is 0.632. The summed E-state index contributed by atoms with van der Waals surface area (Å²) in [4.78, 5) is 14.0. The Kier molecular flexibility index (Phi) is 5.61. The summed E-state index contributed by atoms with van der Waals surface area (Å²) in [6.45, 7) is 6.68. The molecule has 1 saturated carbocycles. The van der Waals surface area contributed by atoms with Crippen LogP contribution in [-0.4, -0.2) is 60.6 Å². The van der Waals surface area contributed by atoms with Crippen LogP contribution in [0, 0.1) is 5.41 Å². The van der Waals surface area contributed by atoms with Crippen molar-refractivity contribution in [2.75, 3.05) is 26.2 Å². The molecule has 1 aliphatic heterocycles. The topological polar surface area (TPSA) is 71.0 Å². The molecule has 3 rings (SSSR count). The molecule has 0 bridgehead atoms. The first-order chi connectivity index (χ1) is 12.0. The molecule has 3 atom stereocenters. The number of ether oxygens (including phenoxy) is 2. The molecule has 1 amide bonds. The first-order valence-electron chi connectivity index (χ1n) is 8.95. The van der Waals surface area contributed by atoms with Crippen molar-refractivity contribution in [1.29, 1.82) is 0 Å². The Morgan fingerprint density at radius 1 is 1.40 bits per heavy atom. The van der Waals surface area contributed by atoms with Gasteiger partial charge in [-0.25, -0.2) is 4.79 Å². The van der Waals surface area contributed by atoms with Crippen molar-refractivity contribution < 1.29 is 19.4 Å². The molecule has 6 nitrogen and oxygen atoms in total. The lowest BCUT2D eigenvalue weighted by atomic mass is 9.64. The van der Waals surface area contributed by atoms with Crippen LogP contribution in [0.1, 0.15) is 25.8 Å². The highest BCUT2D eigenvalue weighted by molar-refractivity contribution is 5.67. The van der Waals surface area contributed by atoms with Gasteiger partial charge in [-0.05, 0) is 12.0 Å². The molecule has 2 N–H and O–H groups in total. The monoisotopic (exact) mass is 348 g/mol. The molecule has 25 heavy (non-hydrogen) atoms. The molecule has 0 spiro atoms. The van der Waals surface area contributed by atoms with Crippen molar-refractivity contribution >= 4 is 6.09 Å². The summed E-state index contributed by atoms with van der Waals surface area (Å²) in [5.41, 5.74) is 0.872. The van der Waals surface area contributed by atoms with Gasteiger partial charge in [-0.3, -0.25) is 0 Å². The van der Waals surface area contributed by atoms with Gasteiger partial charge in [-0.15, -0.1) is 0 Å². The summed E-state index contributed by atoms with van der Waals surface area (Å²) in [5, 5.41) is 13.3. The Morgan fingerprint density at radius 2 is 2.16 bits per heavy atom. The van der Waals surface area contributed by atoms with Crippen LogP contribution in [0.5, 0.6) is 0 Å². The summed E-state index contributed by atoms with van der Waals surface area (Å²) < 4.78 is 11.2. The molecular weight excluding hydrogens is 320 g/mol. The zero-order chi connectivity index (χ0) is 17.9. The molecule has 1 aromatic rings. The molecule has 1 aliphatic carbocycles. The average Bonchev–Trinajstić information content (AvgIpc) is 2.64. The Labute approximate surface area is 149 Å². The van der Waals surface area contributed by atoms with Crippen molar-refractivity contribution in [2.24, 2.45) is 5.41 Å². The zero-order valence-corrected chi connectivity index (χ0v) is 15.0. The van der Waals surface area contributed by atoms with Gasteiger partial charge in [0, 0.05) is 24.5 Å². The van der Waals surface area contributed by atoms with Crippen molar-refractivity contribution in [3.8, 4) is 0 Å². The second-order valence-corrected chi connectivity index (χ2v) is 7.51. The Bertz CT molecular complexity index is 578. The van der Waals surface area contributed by atoms with E-state index in [0.29, 0.717) is 26.2 Å². The number of carbonyl (C=O) groups excluding carboxylic acids is 1. The van der Waals surface area contributed by atoms with E-state index in [1.807, 2.05) is 30.3 Å². The van der Waals surface area contributed by atoms with Gasteiger partial charge in [0.2, 0.25) is 0 Å². The lowest BCUT2D eigenvalue weighted by molar-refractivity contribution is -0.0815. The van der Waals surface area contributed by atoms with E-state index in [9.17, 15) is 9.90 Å². The number of aliphatic hydroxyl groups is 1. The van der Waals surface area contributed by atoms with Gasteiger partial charge in [0.15, 0.2) is 0 Å². The normalized spacial score (nSPS) is 28.3. The molecule has 6 heteroatoms. The predicted molar refractivity (Wildman–Crippen MR) is 94.1 cm³/mol. The standard InChI is InChI=1S/C19H28N2O4/c1-19(2)16(10-17(19)22)20-11-15-12-21(8-9-24-15)18(23)25-13-14-6-4-3-5-7-14/h3-7,15-17,20,22H,8-13H2,1-2H3. The molecule has 138 valence electrons. The smallest absolute Gasteiger partial charge is 0.410 e. The van der Waals surface area contributed by atoms with E-state index in [4.69, 9.17) is 9.47 Å². The molecule has 0 aromatic heterocycles. The maximum absolute atomic E-state index is 12.3. The number of benzene rings is 1. The third-order valence-electron chi connectivity index (χ3n) is 5.41.